The third-order valence-electron chi connectivity index (χ3n) is 5.15. The van der Waals surface area contributed by atoms with E-state index in [9.17, 15) is 13.2 Å². The van der Waals surface area contributed by atoms with Crippen molar-refractivity contribution >= 4 is 21.4 Å². The highest BCUT2D eigenvalue weighted by atomic mass is 32.2. The standard InChI is InChI=1S/C19H26N4O3S/c1-13-11-14(3-5-17(13)20)22-7-9-23(10-8-22)19(24)16-12-15(27(2,25)26)4-6-18(16)21/h3-6,11-13,17H,7-10,20-21H2,1-2H3/t13-,17?/m0/s1. The summed E-state index contributed by atoms with van der Waals surface area (Å²) in [6.45, 7) is 4.59. The molecule has 8 heteroatoms. The number of hydrogen-bond acceptors (Lipinski definition) is 6. The number of allylic oxidation sites excluding steroid dienone is 1. The predicted molar refractivity (Wildman–Crippen MR) is 106 cm³/mol. The molecule has 2 aliphatic rings. The lowest BCUT2D eigenvalue weighted by Gasteiger charge is -2.38. The van der Waals surface area contributed by atoms with Crippen LogP contribution < -0.4 is 11.5 Å². The molecule has 1 unspecified atom stereocenters. The fourth-order valence-corrected chi connectivity index (χ4v) is 3.97. The summed E-state index contributed by atoms with van der Waals surface area (Å²) >= 11 is 0. The summed E-state index contributed by atoms with van der Waals surface area (Å²) in [7, 11) is -3.40. The van der Waals surface area contributed by atoms with Crippen LogP contribution in [0.3, 0.4) is 0 Å². The number of piperazine rings is 1. The predicted octanol–water partition coefficient (Wildman–Crippen LogP) is 0.847. The lowest BCUT2D eigenvalue weighted by Crippen LogP contribution is -2.48. The van der Waals surface area contributed by atoms with Gasteiger partial charge in [0.1, 0.15) is 0 Å². The number of nitrogens with zero attached hydrogens (tertiary/aromatic N) is 2. The Labute approximate surface area is 160 Å². The molecule has 1 aromatic rings. The highest BCUT2D eigenvalue weighted by molar-refractivity contribution is 7.90. The molecule has 1 aliphatic carbocycles. The fourth-order valence-electron chi connectivity index (χ4n) is 3.32. The summed E-state index contributed by atoms with van der Waals surface area (Å²) in [6, 6.07) is 4.31. The number of carbonyl (C=O) groups is 1. The van der Waals surface area contributed by atoms with E-state index in [1.807, 2.05) is 12.2 Å². The van der Waals surface area contributed by atoms with Gasteiger partial charge in [-0.2, -0.15) is 0 Å². The molecule has 27 heavy (non-hydrogen) atoms. The molecule has 1 aliphatic heterocycles. The molecule has 0 aromatic heterocycles. The maximum absolute atomic E-state index is 12.9. The Kier molecular flexibility index (Phi) is 5.30. The van der Waals surface area contributed by atoms with Gasteiger partial charge < -0.3 is 21.3 Å². The van der Waals surface area contributed by atoms with Crippen LogP contribution in [-0.4, -0.2) is 62.6 Å². The van der Waals surface area contributed by atoms with Gasteiger partial charge in [-0.15, -0.1) is 0 Å². The maximum atomic E-state index is 12.9. The Hall–Kier alpha value is -2.32. The summed E-state index contributed by atoms with van der Waals surface area (Å²) in [5.41, 5.74) is 13.6. The largest absolute Gasteiger partial charge is 0.398 e. The highest BCUT2D eigenvalue weighted by Crippen LogP contribution is 2.23. The van der Waals surface area contributed by atoms with E-state index >= 15 is 0 Å². The molecule has 0 saturated carbocycles. The van der Waals surface area contributed by atoms with Crippen LogP contribution in [0.25, 0.3) is 0 Å². The first-order valence-electron chi connectivity index (χ1n) is 8.96. The van der Waals surface area contributed by atoms with E-state index < -0.39 is 9.84 Å². The van der Waals surface area contributed by atoms with Crippen molar-refractivity contribution in [3.8, 4) is 0 Å². The second-order valence-electron chi connectivity index (χ2n) is 7.19. The molecule has 0 bridgehead atoms. The molecule has 1 amide bonds. The summed E-state index contributed by atoms with van der Waals surface area (Å²) < 4.78 is 23.5. The molecule has 0 radical (unpaired) electrons. The quantitative estimate of drug-likeness (QED) is 0.741. The Balaban J connectivity index is 1.71. The van der Waals surface area contributed by atoms with Crippen molar-refractivity contribution < 1.29 is 13.2 Å². The molecule has 2 atom stereocenters. The topological polar surface area (TPSA) is 110 Å². The maximum Gasteiger partial charge on any atom is 0.256 e. The summed E-state index contributed by atoms with van der Waals surface area (Å²) in [5, 5.41) is 0. The molecule has 0 spiro atoms. The van der Waals surface area contributed by atoms with Crippen LogP contribution in [0.15, 0.2) is 47.0 Å². The number of sulfone groups is 1. The van der Waals surface area contributed by atoms with E-state index in [-0.39, 0.29) is 34.0 Å². The minimum atomic E-state index is -3.40. The molecule has 1 heterocycles. The van der Waals surface area contributed by atoms with Crippen molar-refractivity contribution in [3.63, 3.8) is 0 Å². The number of anilines is 1. The van der Waals surface area contributed by atoms with Crippen LogP contribution in [0, 0.1) is 5.92 Å². The lowest BCUT2D eigenvalue weighted by molar-refractivity contribution is 0.0672. The van der Waals surface area contributed by atoms with E-state index in [0.29, 0.717) is 26.2 Å². The van der Waals surface area contributed by atoms with Crippen molar-refractivity contribution in [1.29, 1.82) is 0 Å². The van der Waals surface area contributed by atoms with E-state index in [1.165, 1.54) is 18.2 Å². The van der Waals surface area contributed by atoms with Gasteiger partial charge in [-0.1, -0.05) is 19.1 Å². The molecule has 3 rings (SSSR count). The van der Waals surface area contributed by atoms with Crippen molar-refractivity contribution in [1.82, 2.24) is 9.80 Å². The average Bonchev–Trinajstić information content (AvgIpc) is 2.63. The minimum Gasteiger partial charge on any atom is -0.398 e. The smallest absolute Gasteiger partial charge is 0.256 e. The summed E-state index contributed by atoms with van der Waals surface area (Å²) in [6.07, 6.45) is 7.32. The molecule has 1 fully saturated rings. The first kappa shape index (κ1) is 19.4. The van der Waals surface area contributed by atoms with E-state index in [4.69, 9.17) is 11.5 Å². The molecule has 7 nitrogen and oxygen atoms in total. The van der Waals surface area contributed by atoms with Crippen LogP contribution in [-0.2, 0) is 9.84 Å². The van der Waals surface area contributed by atoms with Gasteiger partial charge in [0, 0.05) is 49.9 Å². The third kappa shape index (κ3) is 4.17. The van der Waals surface area contributed by atoms with Crippen LogP contribution in [0.1, 0.15) is 17.3 Å². The van der Waals surface area contributed by atoms with Crippen molar-refractivity contribution in [2.24, 2.45) is 11.7 Å². The summed E-state index contributed by atoms with van der Waals surface area (Å²) in [5.74, 6) is 0.0457. The highest BCUT2D eigenvalue weighted by Gasteiger charge is 2.26. The second-order valence-corrected chi connectivity index (χ2v) is 9.20. The molecular formula is C19H26N4O3S. The van der Waals surface area contributed by atoms with Gasteiger partial charge in [0.05, 0.1) is 10.5 Å². The second kappa shape index (κ2) is 7.36. The van der Waals surface area contributed by atoms with Crippen LogP contribution in [0.5, 0.6) is 0 Å². The zero-order valence-electron chi connectivity index (χ0n) is 15.6. The Bertz CT molecular complexity index is 900. The minimum absolute atomic E-state index is 0.0433. The Morgan fingerprint density at radius 1 is 1.19 bits per heavy atom. The zero-order valence-corrected chi connectivity index (χ0v) is 16.4. The number of hydrogen-bond donors (Lipinski definition) is 2. The zero-order chi connectivity index (χ0) is 19.8. The molecule has 146 valence electrons. The third-order valence-corrected chi connectivity index (χ3v) is 6.26. The van der Waals surface area contributed by atoms with Crippen LogP contribution in [0.2, 0.25) is 0 Å². The van der Waals surface area contributed by atoms with E-state index in [1.54, 1.807) is 4.90 Å². The van der Waals surface area contributed by atoms with Gasteiger partial charge >= 0.3 is 0 Å². The number of benzene rings is 1. The first-order chi connectivity index (χ1) is 12.7. The fraction of sp³-hybridized carbons (Fsp3) is 0.421. The van der Waals surface area contributed by atoms with Crippen LogP contribution >= 0.6 is 0 Å². The molecule has 1 aromatic carbocycles. The van der Waals surface area contributed by atoms with Gasteiger partial charge in [0.25, 0.3) is 5.91 Å². The number of nitrogens with two attached hydrogens (primary N) is 2. The number of carbonyl (C=O) groups excluding carboxylic acids is 1. The van der Waals surface area contributed by atoms with Crippen molar-refractivity contribution in [2.75, 3.05) is 38.2 Å². The number of nitrogen functional groups attached to an aromatic ring is 1. The summed E-state index contributed by atoms with van der Waals surface area (Å²) in [4.78, 5) is 16.9. The normalized spacial score (nSPS) is 23.3. The van der Waals surface area contributed by atoms with Gasteiger partial charge in [0.15, 0.2) is 9.84 Å². The number of rotatable bonds is 3. The van der Waals surface area contributed by atoms with E-state index in [0.717, 1.165) is 12.0 Å². The molecule has 4 N–H and O–H groups in total. The average molecular weight is 391 g/mol. The van der Waals surface area contributed by atoms with Crippen molar-refractivity contribution in [3.05, 3.63) is 47.7 Å². The SMILES string of the molecule is C[C@H]1C=C(N2CCN(C(=O)c3cc(S(C)(=O)=O)ccc3N)CC2)C=CC1N. The first-order valence-corrected chi connectivity index (χ1v) is 10.9. The van der Waals surface area contributed by atoms with E-state index in [2.05, 4.69) is 17.9 Å². The van der Waals surface area contributed by atoms with Crippen LogP contribution in [0.4, 0.5) is 5.69 Å². The van der Waals surface area contributed by atoms with Crippen molar-refractivity contribution in [2.45, 2.75) is 17.9 Å². The lowest BCUT2D eigenvalue weighted by atomic mass is 9.96. The Morgan fingerprint density at radius 3 is 2.44 bits per heavy atom. The number of amides is 1. The van der Waals surface area contributed by atoms with Gasteiger partial charge in [0.2, 0.25) is 0 Å². The Morgan fingerprint density at radius 2 is 1.85 bits per heavy atom. The van der Waals surface area contributed by atoms with Gasteiger partial charge in [-0.05, 0) is 30.2 Å². The molecule has 1 saturated heterocycles. The molecular weight excluding hydrogens is 364 g/mol. The monoisotopic (exact) mass is 390 g/mol. The van der Waals surface area contributed by atoms with Gasteiger partial charge in [-0.25, -0.2) is 8.42 Å². The van der Waals surface area contributed by atoms with Gasteiger partial charge in [-0.3, -0.25) is 4.79 Å².